The van der Waals surface area contributed by atoms with E-state index in [0.717, 1.165) is 51.6 Å². The number of phenolic OH excluding ortho intramolecular Hbond substituents is 2. The number of nitrogens with zero attached hydrogens (tertiary/aromatic N) is 5. The van der Waals surface area contributed by atoms with Crippen molar-refractivity contribution in [3.8, 4) is 22.9 Å². The van der Waals surface area contributed by atoms with E-state index in [9.17, 15) is 34.2 Å². The SMILES string of the molecule is CCC1C(=O)OCc2c1cc1n(c2=O)Cc2c-1nc1cc(F)c(C)c3c1c2C(NC(=O)OCC(=O)N1CC2CCC(C1)N2Cc1ccc2c(c1)CN(C(=O)c1cc(C(C)C)c(O)cc1O)C2)CC3. The summed E-state index contributed by atoms with van der Waals surface area (Å²) in [5.74, 6) is -2.23. The number of carbonyl (C=O) groups excluding carboxylic acids is 4. The Hall–Kier alpha value is -6.81. The van der Waals surface area contributed by atoms with E-state index < -0.39 is 24.7 Å². The normalized spacial score (nSPS) is 21.1. The molecule has 16 heteroatoms. The summed E-state index contributed by atoms with van der Waals surface area (Å²) in [6.45, 7) is 9.58. The lowest BCUT2D eigenvalue weighted by Crippen LogP contribution is -2.55. The Morgan fingerprint density at radius 1 is 0.926 bits per heavy atom. The number of likely N-dealkylation sites (tertiary alicyclic amines) is 1. The Morgan fingerprint density at radius 2 is 1.69 bits per heavy atom. The first-order chi connectivity index (χ1) is 32.7. The van der Waals surface area contributed by atoms with Crippen LogP contribution in [0, 0.1) is 12.7 Å². The van der Waals surface area contributed by atoms with E-state index in [-0.39, 0.29) is 77.4 Å². The average molecular weight is 925 g/mol. The summed E-state index contributed by atoms with van der Waals surface area (Å²) in [6, 6.07) is 12.0. The molecular formula is C52H53FN6O9. The fourth-order valence-electron chi connectivity index (χ4n) is 11.9. The number of ether oxygens (including phenoxy) is 2. The molecule has 6 aliphatic rings. The molecule has 2 aromatic heterocycles. The number of benzene rings is 3. The molecule has 68 heavy (non-hydrogen) atoms. The summed E-state index contributed by atoms with van der Waals surface area (Å²) in [6.07, 6.45) is 2.46. The summed E-state index contributed by atoms with van der Waals surface area (Å²) >= 11 is 0. The smallest absolute Gasteiger partial charge is 0.408 e. The van der Waals surface area contributed by atoms with Crippen molar-refractivity contribution in [1.82, 2.24) is 29.6 Å². The van der Waals surface area contributed by atoms with Crippen molar-refractivity contribution in [3.63, 3.8) is 0 Å². The van der Waals surface area contributed by atoms with Crippen LogP contribution < -0.4 is 10.9 Å². The fourth-order valence-corrected chi connectivity index (χ4v) is 11.9. The van der Waals surface area contributed by atoms with Gasteiger partial charge in [-0.15, -0.1) is 0 Å². The topological polar surface area (TPSA) is 184 Å². The Balaban J connectivity index is 0.750. The monoisotopic (exact) mass is 924 g/mol. The third-order valence-corrected chi connectivity index (χ3v) is 15.4. The molecule has 2 fully saturated rings. The third kappa shape index (κ3) is 7.09. The van der Waals surface area contributed by atoms with Gasteiger partial charge >= 0.3 is 12.1 Å². The maximum absolute atomic E-state index is 15.4. The van der Waals surface area contributed by atoms with Gasteiger partial charge in [-0.2, -0.15) is 0 Å². The number of hydrogen-bond acceptors (Lipinski definition) is 11. The van der Waals surface area contributed by atoms with Crippen LogP contribution in [0.25, 0.3) is 22.3 Å². The number of aromatic nitrogens is 2. The van der Waals surface area contributed by atoms with Gasteiger partial charge in [-0.3, -0.25) is 24.1 Å². The van der Waals surface area contributed by atoms with Crippen molar-refractivity contribution in [2.24, 2.45) is 0 Å². The van der Waals surface area contributed by atoms with E-state index in [2.05, 4.69) is 28.4 Å². The highest BCUT2D eigenvalue weighted by Gasteiger charge is 2.42. The van der Waals surface area contributed by atoms with Crippen molar-refractivity contribution in [2.75, 3.05) is 19.7 Å². The number of fused-ring (bicyclic) bond motifs is 8. The number of amides is 3. The number of nitrogens with one attached hydrogen (secondary N) is 1. The van der Waals surface area contributed by atoms with E-state index in [1.165, 1.54) is 12.1 Å². The zero-order chi connectivity index (χ0) is 47.4. The minimum absolute atomic E-state index is 0.0248. The predicted octanol–water partition coefficient (Wildman–Crippen LogP) is 6.70. The van der Waals surface area contributed by atoms with Crippen LogP contribution in [0.1, 0.15) is 130 Å². The van der Waals surface area contributed by atoms with Crippen molar-refractivity contribution in [2.45, 2.75) is 123 Å². The maximum atomic E-state index is 15.4. The van der Waals surface area contributed by atoms with E-state index in [1.807, 2.05) is 26.8 Å². The van der Waals surface area contributed by atoms with Gasteiger partial charge in [0.2, 0.25) is 0 Å². The fraction of sp³-hybridized carbons (Fsp3) is 0.423. The van der Waals surface area contributed by atoms with Gasteiger partial charge in [0.05, 0.1) is 46.5 Å². The second-order valence-corrected chi connectivity index (χ2v) is 19.6. The predicted molar refractivity (Wildman–Crippen MR) is 246 cm³/mol. The molecule has 15 nitrogen and oxygen atoms in total. The van der Waals surface area contributed by atoms with Crippen molar-refractivity contribution < 1.29 is 43.3 Å². The minimum Gasteiger partial charge on any atom is -0.508 e. The lowest BCUT2D eigenvalue weighted by Gasteiger charge is -2.41. The number of piperazine rings is 1. The minimum atomic E-state index is -0.757. The summed E-state index contributed by atoms with van der Waals surface area (Å²) in [7, 11) is 0. The van der Waals surface area contributed by atoms with Crippen molar-refractivity contribution in [1.29, 1.82) is 0 Å². The van der Waals surface area contributed by atoms with Gasteiger partial charge in [0, 0.05) is 67.9 Å². The van der Waals surface area contributed by atoms with E-state index in [0.29, 0.717) is 91.1 Å². The molecule has 3 N–H and O–H groups in total. The molecule has 0 radical (unpaired) electrons. The van der Waals surface area contributed by atoms with Gasteiger partial charge in [0.15, 0.2) is 6.61 Å². The highest BCUT2D eigenvalue weighted by Crippen LogP contribution is 2.46. The standard InChI is InChI=1S/C52H53FN6O9/c1-5-32-35-14-42-48-37(22-59(42)50(64)38(35)23-67-51(32)65)47-40(11-10-33-26(4)39(53)15-41(54-48)46(33)47)55-52(66)68-24-45(62)56-20-30-8-9-31(21-56)58(30)17-27-6-7-28-18-57(19-29(28)12-27)49(63)36-13-34(25(2)3)43(60)16-44(36)61/h6-7,12-16,25,30-32,40,60-61H,5,8-11,17-24H2,1-4H3,(H,55,66). The number of carbonyl (C=O) groups is 4. The second-order valence-electron chi connectivity index (χ2n) is 19.6. The first kappa shape index (κ1) is 43.7. The quantitative estimate of drug-likeness (QED) is 0.138. The summed E-state index contributed by atoms with van der Waals surface area (Å²) in [5, 5.41) is 24.6. The molecule has 11 rings (SSSR count). The first-order valence-corrected chi connectivity index (χ1v) is 23.7. The number of aryl methyl sites for hydroxylation is 1. The molecule has 1 aliphatic carbocycles. The molecule has 4 atom stereocenters. The molecule has 3 aromatic carbocycles. The van der Waals surface area contributed by atoms with Crippen molar-refractivity contribution >= 4 is 34.8 Å². The van der Waals surface area contributed by atoms with Gasteiger partial charge in [-0.25, -0.2) is 14.2 Å². The molecule has 3 amide bonds. The number of hydrogen-bond donors (Lipinski definition) is 3. The highest BCUT2D eigenvalue weighted by atomic mass is 19.1. The molecule has 2 saturated heterocycles. The van der Waals surface area contributed by atoms with Gasteiger partial charge in [-0.1, -0.05) is 39.0 Å². The Labute approximate surface area is 391 Å². The maximum Gasteiger partial charge on any atom is 0.408 e. The summed E-state index contributed by atoms with van der Waals surface area (Å²) in [4.78, 5) is 78.5. The zero-order valence-electron chi connectivity index (χ0n) is 38.5. The number of pyridine rings is 2. The van der Waals surface area contributed by atoms with Crippen LogP contribution in [-0.2, 0) is 58.3 Å². The van der Waals surface area contributed by atoms with Gasteiger partial charge < -0.3 is 39.4 Å². The number of halogens is 1. The summed E-state index contributed by atoms with van der Waals surface area (Å²) in [5.41, 5.74) is 9.01. The second kappa shape index (κ2) is 16.5. The van der Waals surface area contributed by atoms with E-state index in [4.69, 9.17) is 14.5 Å². The third-order valence-electron chi connectivity index (χ3n) is 15.4. The van der Waals surface area contributed by atoms with Gasteiger partial charge in [0.25, 0.3) is 17.4 Å². The molecule has 5 aliphatic heterocycles. The molecular weight excluding hydrogens is 872 g/mol. The number of rotatable bonds is 8. The molecule has 7 heterocycles. The number of phenols is 2. The molecule has 2 bridgehead atoms. The van der Waals surface area contributed by atoms with Crippen LogP contribution in [-0.4, -0.2) is 90.1 Å². The van der Waals surface area contributed by atoms with Gasteiger partial charge in [-0.05, 0) is 102 Å². The highest BCUT2D eigenvalue weighted by molar-refractivity contribution is 5.98. The summed E-state index contributed by atoms with van der Waals surface area (Å²) < 4.78 is 28.1. The zero-order valence-corrected chi connectivity index (χ0v) is 38.5. The molecule has 0 spiro atoms. The Kier molecular flexibility index (Phi) is 10.6. The Bertz CT molecular complexity index is 3080. The lowest BCUT2D eigenvalue weighted by atomic mass is 9.81. The van der Waals surface area contributed by atoms with Crippen LogP contribution in [0.4, 0.5) is 9.18 Å². The van der Waals surface area contributed by atoms with Crippen LogP contribution >= 0.6 is 0 Å². The molecule has 4 unspecified atom stereocenters. The van der Waals surface area contributed by atoms with Crippen LogP contribution in [0.2, 0.25) is 0 Å². The molecule has 5 aromatic rings. The van der Waals surface area contributed by atoms with E-state index >= 15 is 4.39 Å². The largest absolute Gasteiger partial charge is 0.508 e. The van der Waals surface area contributed by atoms with Crippen LogP contribution in [0.5, 0.6) is 11.5 Å². The lowest BCUT2D eigenvalue weighted by molar-refractivity contribution is -0.148. The van der Waals surface area contributed by atoms with Crippen LogP contribution in [0.15, 0.2) is 47.3 Å². The average Bonchev–Trinajstić information content (AvgIpc) is 3.97. The van der Waals surface area contributed by atoms with Gasteiger partial charge in [0.1, 0.15) is 23.9 Å². The number of esters is 1. The van der Waals surface area contributed by atoms with Crippen LogP contribution in [0.3, 0.4) is 0 Å². The molecule has 0 saturated carbocycles. The first-order valence-electron chi connectivity index (χ1n) is 23.7. The Morgan fingerprint density at radius 3 is 2.44 bits per heavy atom. The van der Waals surface area contributed by atoms with E-state index in [1.54, 1.807) is 27.4 Å². The number of aromatic hydroxyl groups is 2. The number of cyclic esters (lactones) is 1. The molecule has 352 valence electrons. The number of alkyl carbamates (subject to hydrolysis) is 1. The van der Waals surface area contributed by atoms with Crippen molar-refractivity contribution in [3.05, 3.63) is 120 Å².